The highest BCUT2D eigenvalue weighted by molar-refractivity contribution is 5.26. The van der Waals surface area contributed by atoms with Crippen molar-refractivity contribution in [2.24, 2.45) is 0 Å². The minimum atomic E-state index is -0.688. The molecule has 13 heavy (non-hydrogen) atoms. The highest BCUT2D eigenvalue weighted by Crippen LogP contribution is 2.10. The summed E-state index contributed by atoms with van der Waals surface area (Å²) in [4.78, 5) is 9.28. The first-order valence-electron chi connectivity index (χ1n) is 3.81. The molecule has 0 spiro atoms. The van der Waals surface area contributed by atoms with Gasteiger partial charge in [0.15, 0.2) is 0 Å². The lowest BCUT2D eigenvalue weighted by Crippen LogP contribution is -1.93. The molecule has 0 radical (unpaired) electrons. The summed E-state index contributed by atoms with van der Waals surface area (Å²) in [6.45, 7) is 11.4. The maximum absolute atomic E-state index is 12.2. The number of nitrogens with zero attached hydrogens (tertiary/aromatic N) is 1. The Labute approximate surface area is 77.4 Å². The largest absolute Gasteiger partial charge is 0.262 e. The molecule has 0 aromatic rings. The zero-order chi connectivity index (χ0) is 11.0. The van der Waals surface area contributed by atoms with E-state index in [2.05, 4.69) is 13.2 Å². The van der Waals surface area contributed by atoms with E-state index in [0.29, 0.717) is 0 Å². The van der Waals surface area contributed by atoms with E-state index in [9.17, 15) is 14.5 Å². The van der Waals surface area contributed by atoms with Crippen LogP contribution in [0, 0.1) is 10.1 Å². The van der Waals surface area contributed by atoms with Crippen LogP contribution in [0.3, 0.4) is 0 Å². The molecule has 0 atom stereocenters. The van der Waals surface area contributed by atoms with Crippen LogP contribution in [0.5, 0.6) is 0 Å². The Hall–Kier alpha value is -1.45. The number of allylic oxidation sites excluding steroid dienone is 3. The lowest BCUT2D eigenvalue weighted by Gasteiger charge is -1.92. The summed E-state index contributed by atoms with van der Waals surface area (Å²) in [5.41, 5.74) is -0.229. The quantitative estimate of drug-likeness (QED) is 0.386. The Bertz CT molecular complexity index is 244. The van der Waals surface area contributed by atoms with E-state index >= 15 is 0 Å². The van der Waals surface area contributed by atoms with Crippen LogP contribution in [0.25, 0.3) is 0 Å². The second kappa shape index (κ2) is 7.21. The highest BCUT2D eigenvalue weighted by Gasteiger charge is 2.03. The number of rotatable bonds is 3. The van der Waals surface area contributed by atoms with Crippen molar-refractivity contribution in [1.29, 1.82) is 0 Å². The van der Waals surface area contributed by atoms with Gasteiger partial charge in [0, 0.05) is 6.08 Å². The Balaban J connectivity index is 0. The molecule has 74 valence electrons. The van der Waals surface area contributed by atoms with Crippen molar-refractivity contribution in [3.8, 4) is 0 Å². The van der Waals surface area contributed by atoms with Crippen molar-refractivity contribution >= 4 is 0 Å². The Morgan fingerprint density at radius 2 is 1.85 bits per heavy atom. The normalized spacial score (nSPS) is 9.69. The molecular weight excluding hydrogens is 173 g/mol. The van der Waals surface area contributed by atoms with Gasteiger partial charge in [0.1, 0.15) is 5.83 Å². The first-order chi connectivity index (χ1) is 5.95. The van der Waals surface area contributed by atoms with E-state index in [1.165, 1.54) is 6.92 Å². The molecule has 0 aliphatic heterocycles. The van der Waals surface area contributed by atoms with Gasteiger partial charge in [-0.15, -0.1) is 0 Å². The predicted molar refractivity (Wildman–Crippen MR) is 51.5 cm³/mol. The number of halogens is 1. The third-order valence-corrected chi connectivity index (χ3v) is 1.05. The van der Waals surface area contributed by atoms with Gasteiger partial charge in [0.2, 0.25) is 0 Å². The lowest BCUT2D eigenvalue weighted by atomic mass is 10.2. The molecule has 0 aliphatic carbocycles. The van der Waals surface area contributed by atoms with Crippen LogP contribution in [0.1, 0.15) is 20.8 Å². The first kappa shape index (κ1) is 14.1. The van der Waals surface area contributed by atoms with Crippen LogP contribution in [0.4, 0.5) is 4.39 Å². The van der Waals surface area contributed by atoms with Crippen molar-refractivity contribution in [2.45, 2.75) is 20.8 Å². The number of hydrogen-bond donors (Lipinski definition) is 0. The molecule has 0 bridgehead atoms. The SMILES string of the molecule is C=C(F)/C(C)=C\C(=C)[N+](=O)[O-].CC. The number of hydrogen-bond acceptors (Lipinski definition) is 2. The summed E-state index contributed by atoms with van der Waals surface area (Å²) in [5, 5.41) is 9.97. The zero-order valence-corrected chi connectivity index (χ0v) is 8.13. The molecule has 4 heteroatoms. The third kappa shape index (κ3) is 6.93. The van der Waals surface area contributed by atoms with Crippen LogP contribution in [0.15, 0.2) is 36.3 Å². The molecule has 0 saturated heterocycles. The molecule has 0 aromatic heterocycles. The fourth-order valence-corrected chi connectivity index (χ4v) is 0.381. The summed E-state index contributed by atoms with van der Waals surface area (Å²) in [5.74, 6) is -0.687. The average Bonchev–Trinajstić information content (AvgIpc) is 2.07. The van der Waals surface area contributed by atoms with Gasteiger partial charge >= 0.3 is 0 Å². The van der Waals surface area contributed by atoms with Crippen LogP contribution in [0.2, 0.25) is 0 Å². The number of nitro groups is 1. The van der Waals surface area contributed by atoms with E-state index in [4.69, 9.17) is 0 Å². The van der Waals surface area contributed by atoms with Crippen LogP contribution < -0.4 is 0 Å². The van der Waals surface area contributed by atoms with Gasteiger partial charge in [-0.25, -0.2) is 4.39 Å². The topological polar surface area (TPSA) is 43.1 Å². The van der Waals surface area contributed by atoms with Crippen molar-refractivity contribution < 1.29 is 9.31 Å². The summed E-state index contributed by atoms with van der Waals surface area (Å²) < 4.78 is 12.2. The minimum Gasteiger partial charge on any atom is -0.258 e. The zero-order valence-electron chi connectivity index (χ0n) is 8.13. The minimum absolute atomic E-state index is 0.117. The summed E-state index contributed by atoms with van der Waals surface area (Å²) in [6, 6.07) is 0. The Morgan fingerprint density at radius 1 is 1.46 bits per heavy atom. The van der Waals surface area contributed by atoms with Crippen LogP contribution in [-0.4, -0.2) is 4.92 Å². The van der Waals surface area contributed by atoms with E-state index in [0.717, 1.165) is 6.08 Å². The third-order valence-electron chi connectivity index (χ3n) is 1.05. The fourth-order valence-electron chi connectivity index (χ4n) is 0.381. The molecule has 0 amide bonds. The van der Waals surface area contributed by atoms with Gasteiger partial charge in [-0.2, -0.15) is 0 Å². The van der Waals surface area contributed by atoms with Crippen molar-refractivity contribution in [3.63, 3.8) is 0 Å². The standard InChI is InChI=1S/C7H8FNO2.C2H6/c1-5(7(3)8)4-6(2)9(10)11;1-2/h4H,2-3H2,1H3;1-2H3/b5-4-;. The summed E-state index contributed by atoms with van der Waals surface area (Å²) in [7, 11) is 0. The molecule has 3 nitrogen and oxygen atoms in total. The maximum Gasteiger partial charge on any atom is 0.262 e. The highest BCUT2D eigenvalue weighted by atomic mass is 19.1. The molecular formula is C9H14FNO2. The van der Waals surface area contributed by atoms with Gasteiger partial charge in [-0.3, -0.25) is 10.1 Å². The van der Waals surface area contributed by atoms with Gasteiger partial charge in [0.05, 0.1) is 4.92 Å². The van der Waals surface area contributed by atoms with Crippen molar-refractivity contribution in [2.75, 3.05) is 0 Å². The summed E-state index contributed by atoms with van der Waals surface area (Å²) >= 11 is 0. The van der Waals surface area contributed by atoms with Crippen LogP contribution in [-0.2, 0) is 0 Å². The molecule has 0 aromatic carbocycles. The van der Waals surface area contributed by atoms with Gasteiger partial charge in [0.25, 0.3) is 5.70 Å². The fraction of sp³-hybridized carbons (Fsp3) is 0.333. The molecule has 0 saturated carbocycles. The lowest BCUT2D eigenvalue weighted by molar-refractivity contribution is -0.418. The van der Waals surface area contributed by atoms with Crippen molar-refractivity contribution in [1.82, 2.24) is 0 Å². The van der Waals surface area contributed by atoms with E-state index in [-0.39, 0.29) is 11.3 Å². The first-order valence-corrected chi connectivity index (χ1v) is 3.81. The Kier molecular flexibility index (Phi) is 7.82. The van der Waals surface area contributed by atoms with E-state index < -0.39 is 10.8 Å². The van der Waals surface area contributed by atoms with E-state index in [1.54, 1.807) is 0 Å². The van der Waals surface area contributed by atoms with Gasteiger partial charge in [-0.1, -0.05) is 20.4 Å². The summed E-state index contributed by atoms with van der Waals surface area (Å²) in [6.07, 6.45) is 1.03. The second-order valence-corrected chi connectivity index (χ2v) is 1.98. The molecule has 0 rings (SSSR count). The Morgan fingerprint density at radius 3 is 2.08 bits per heavy atom. The van der Waals surface area contributed by atoms with E-state index in [1.807, 2.05) is 13.8 Å². The smallest absolute Gasteiger partial charge is 0.258 e. The molecule has 0 fully saturated rings. The molecule has 0 aliphatic rings. The molecule has 0 N–H and O–H groups in total. The van der Waals surface area contributed by atoms with Crippen LogP contribution >= 0.6 is 0 Å². The van der Waals surface area contributed by atoms with Crippen molar-refractivity contribution in [3.05, 3.63) is 46.4 Å². The molecule has 0 unspecified atom stereocenters. The predicted octanol–water partition coefficient (Wildman–Crippen LogP) is 3.23. The van der Waals surface area contributed by atoms with Gasteiger partial charge in [-0.05, 0) is 19.1 Å². The average molecular weight is 187 g/mol. The monoisotopic (exact) mass is 187 g/mol. The maximum atomic E-state index is 12.2. The molecule has 0 heterocycles. The van der Waals surface area contributed by atoms with Gasteiger partial charge < -0.3 is 0 Å². The second-order valence-electron chi connectivity index (χ2n) is 1.98.